The quantitative estimate of drug-likeness (QED) is 0.606. The summed E-state index contributed by atoms with van der Waals surface area (Å²) in [5.74, 6) is -0.614. The van der Waals surface area contributed by atoms with E-state index in [1.54, 1.807) is 24.4 Å². The topological polar surface area (TPSA) is 56.2 Å². The van der Waals surface area contributed by atoms with Crippen LogP contribution in [0.15, 0.2) is 59.2 Å². The van der Waals surface area contributed by atoms with Crippen molar-refractivity contribution in [2.45, 2.75) is 13.2 Å². The van der Waals surface area contributed by atoms with E-state index in [0.717, 1.165) is 0 Å². The van der Waals surface area contributed by atoms with Gasteiger partial charge in [0.2, 0.25) is 0 Å². The van der Waals surface area contributed by atoms with Gasteiger partial charge in [-0.1, -0.05) is 18.2 Å². The molecule has 0 radical (unpaired) electrons. The van der Waals surface area contributed by atoms with Gasteiger partial charge in [-0.2, -0.15) is 13.9 Å². The van der Waals surface area contributed by atoms with E-state index < -0.39 is 12.5 Å². The lowest BCUT2D eigenvalue weighted by Gasteiger charge is -2.06. The SMILES string of the molecule is O=C(Nc1nn(Cc2ccccc2F)cc1Br)c1ccc(OC(F)F)cc1. The Labute approximate surface area is 160 Å². The van der Waals surface area contributed by atoms with Gasteiger partial charge < -0.3 is 10.1 Å². The lowest BCUT2D eigenvalue weighted by atomic mass is 10.2. The number of hydrogen-bond acceptors (Lipinski definition) is 3. The van der Waals surface area contributed by atoms with Crippen molar-refractivity contribution in [1.29, 1.82) is 0 Å². The lowest BCUT2D eigenvalue weighted by Crippen LogP contribution is -2.13. The van der Waals surface area contributed by atoms with Crippen LogP contribution in [0.5, 0.6) is 5.75 Å². The van der Waals surface area contributed by atoms with Crippen LogP contribution < -0.4 is 10.1 Å². The molecular weight excluding hydrogens is 427 g/mol. The summed E-state index contributed by atoms with van der Waals surface area (Å²) in [7, 11) is 0. The molecule has 0 aliphatic heterocycles. The van der Waals surface area contributed by atoms with Crippen LogP contribution in [-0.2, 0) is 6.54 Å². The normalized spacial score (nSPS) is 10.9. The average molecular weight is 440 g/mol. The number of nitrogens with zero attached hydrogens (tertiary/aromatic N) is 2. The first-order valence-corrected chi connectivity index (χ1v) is 8.54. The van der Waals surface area contributed by atoms with Gasteiger partial charge in [0, 0.05) is 17.3 Å². The molecule has 0 bridgehead atoms. The largest absolute Gasteiger partial charge is 0.435 e. The number of nitrogens with one attached hydrogen (secondary N) is 1. The van der Waals surface area contributed by atoms with Gasteiger partial charge in [-0.05, 0) is 46.3 Å². The zero-order valence-corrected chi connectivity index (χ0v) is 15.3. The van der Waals surface area contributed by atoms with Crippen LogP contribution in [0, 0.1) is 5.82 Å². The zero-order chi connectivity index (χ0) is 19.4. The Morgan fingerprint density at radius 1 is 1.19 bits per heavy atom. The van der Waals surface area contributed by atoms with E-state index in [-0.39, 0.29) is 29.5 Å². The highest BCUT2D eigenvalue weighted by Gasteiger charge is 2.14. The third kappa shape index (κ3) is 4.88. The number of ether oxygens (including phenoxy) is 1. The minimum Gasteiger partial charge on any atom is -0.435 e. The molecule has 2 aromatic carbocycles. The van der Waals surface area contributed by atoms with Crippen molar-refractivity contribution in [1.82, 2.24) is 9.78 Å². The summed E-state index contributed by atoms with van der Waals surface area (Å²) >= 11 is 3.29. The van der Waals surface area contributed by atoms with Crippen LogP contribution >= 0.6 is 15.9 Å². The Kier molecular flexibility index (Phi) is 5.80. The number of rotatable bonds is 6. The molecule has 0 aliphatic rings. The fourth-order valence-corrected chi connectivity index (χ4v) is 2.75. The molecule has 9 heteroatoms. The molecule has 0 unspecified atom stereocenters. The fraction of sp³-hybridized carbons (Fsp3) is 0.111. The molecule has 0 aliphatic carbocycles. The van der Waals surface area contributed by atoms with E-state index in [9.17, 15) is 18.0 Å². The molecule has 3 rings (SSSR count). The molecule has 1 heterocycles. The van der Waals surface area contributed by atoms with Crippen LogP contribution in [0.3, 0.4) is 0 Å². The Morgan fingerprint density at radius 3 is 2.56 bits per heavy atom. The van der Waals surface area contributed by atoms with Crippen molar-refractivity contribution < 1.29 is 22.7 Å². The molecule has 0 atom stereocenters. The number of carbonyl (C=O) groups is 1. The Hall–Kier alpha value is -2.81. The number of hydrogen-bond donors (Lipinski definition) is 1. The fourth-order valence-electron chi connectivity index (χ4n) is 2.33. The highest BCUT2D eigenvalue weighted by Crippen LogP contribution is 2.22. The number of carbonyl (C=O) groups excluding carboxylic acids is 1. The van der Waals surface area contributed by atoms with Gasteiger partial charge in [-0.15, -0.1) is 0 Å². The van der Waals surface area contributed by atoms with E-state index in [2.05, 4.69) is 31.1 Å². The van der Waals surface area contributed by atoms with Gasteiger partial charge in [0.05, 0.1) is 11.0 Å². The average Bonchev–Trinajstić information content (AvgIpc) is 2.96. The molecule has 1 amide bonds. The Balaban J connectivity index is 1.69. The maximum Gasteiger partial charge on any atom is 0.387 e. The molecular formula is C18H13BrF3N3O2. The summed E-state index contributed by atoms with van der Waals surface area (Å²) in [6.07, 6.45) is 1.61. The highest BCUT2D eigenvalue weighted by atomic mass is 79.9. The highest BCUT2D eigenvalue weighted by molar-refractivity contribution is 9.10. The van der Waals surface area contributed by atoms with E-state index in [0.29, 0.717) is 10.0 Å². The van der Waals surface area contributed by atoms with Gasteiger partial charge in [0.15, 0.2) is 5.82 Å². The molecule has 0 spiro atoms. The minimum atomic E-state index is -2.93. The summed E-state index contributed by atoms with van der Waals surface area (Å²) in [6.45, 7) is -2.74. The van der Waals surface area contributed by atoms with Gasteiger partial charge >= 0.3 is 6.61 Å². The molecule has 5 nitrogen and oxygen atoms in total. The lowest BCUT2D eigenvalue weighted by molar-refractivity contribution is -0.0498. The predicted octanol–water partition coefficient (Wildman–Crippen LogP) is 4.69. The monoisotopic (exact) mass is 439 g/mol. The molecule has 0 saturated carbocycles. The Morgan fingerprint density at radius 2 is 1.89 bits per heavy atom. The minimum absolute atomic E-state index is 0.0445. The molecule has 1 aromatic heterocycles. The van der Waals surface area contributed by atoms with Crippen LogP contribution in [0.2, 0.25) is 0 Å². The van der Waals surface area contributed by atoms with Crippen molar-refractivity contribution >= 4 is 27.7 Å². The summed E-state index contributed by atoms with van der Waals surface area (Å²) < 4.78 is 44.3. The van der Waals surface area contributed by atoms with E-state index >= 15 is 0 Å². The molecule has 27 heavy (non-hydrogen) atoms. The first-order chi connectivity index (χ1) is 12.9. The molecule has 3 aromatic rings. The molecule has 0 fully saturated rings. The van der Waals surface area contributed by atoms with Crippen molar-refractivity contribution in [3.05, 3.63) is 76.1 Å². The van der Waals surface area contributed by atoms with E-state index in [1.807, 2.05) is 0 Å². The smallest absolute Gasteiger partial charge is 0.387 e. The number of amides is 1. The van der Waals surface area contributed by atoms with Gasteiger partial charge in [-0.25, -0.2) is 4.39 Å². The van der Waals surface area contributed by atoms with Crippen molar-refractivity contribution in [3.8, 4) is 5.75 Å². The van der Waals surface area contributed by atoms with Crippen molar-refractivity contribution in [3.63, 3.8) is 0 Å². The number of benzene rings is 2. The molecule has 1 N–H and O–H groups in total. The second-order valence-corrected chi connectivity index (χ2v) is 6.33. The Bertz CT molecular complexity index is 945. The number of aromatic nitrogens is 2. The van der Waals surface area contributed by atoms with Crippen LogP contribution in [-0.4, -0.2) is 22.3 Å². The number of halogens is 4. The van der Waals surface area contributed by atoms with Gasteiger partial charge in [0.25, 0.3) is 5.91 Å². The summed E-state index contributed by atoms with van der Waals surface area (Å²) in [5.41, 5.74) is 0.701. The summed E-state index contributed by atoms with van der Waals surface area (Å²) in [5, 5.41) is 6.82. The third-order valence-electron chi connectivity index (χ3n) is 3.58. The van der Waals surface area contributed by atoms with Crippen LogP contribution in [0.1, 0.15) is 15.9 Å². The first-order valence-electron chi connectivity index (χ1n) is 7.75. The predicted molar refractivity (Wildman–Crippen MR) is 96.5 cm³/mol. The zero-order valence-electron chi connectivity index (χ0n) is 13.7. The van der Waals surface area contributed by atoms with Crippen molar-refractivity contribution in [2.75, 3.05) is 5.32 Å². The van der Waals surface area contributed by atoms with Crippen LogP contribution in [0.25, 0.3) is 0 Å². The summed E-state index contributed by atoms with van der Waals surface area (Å²) in [4.78, 5) is 12.3. The molecule has 0 saturated heterocycles. The first kappa shape index (κ1) is 19.0. The summed E-state index contributed by atoms with van der Waals surface area (Å²) in [6, 6.07) is 11.6. The van der Waals surface area contributed by atoms with Gasteiger partial charge in [0.1, 0.15) is 11.6 Å². The molecule has 140 valence electrons. The van der Waals surface area contributed by atoms with Crippen molar-refractivity contribution in [2.24, 2.45) is 0 Å². The number of anilines is 1. The third-order valence-corrected chi connectivity index (χ3v) is 4.16. The van der Waals surface area contributed by atoms with Crippen LogP contribution in [0.4, 0.5) is 19.0 Å². The second kappa shape index (κ2) is 8.26. The standard InChI is InChI=1S/C18H13BrF3N3O2/c19-14-10-25(9-12-3-1-2-4-15(12)20)24-16(14)23-17(26)11-5-7-13(8-6-11)27-18(21)22/h1-8,10,18H,9H2,(H,23,24,26). The second-order valence-electron chi connectivity index (χ2n) is 5.47. The maximum absolute atomic E-state index is 13.7. The van der Waals surface area contributed by atoms with Gasteiger partial charge in [-0.3, -0.25) is 9.48 Å². The number of alkyl halides is 2. The van der Waals surface area contributed by atoms with E-state index in [1.165, 1.54) is 35.0 Å². The van der Waals surface area contributed by atoms with E-state index in [4.69, 9.17) is 0 Å². The maximum atomic E-state index is 13.7.